The molecule has 0 saturated heterocycles. The summed E-state index contributed by atoms with van der Waals surface area (Å²) < 4.78 is 7.58. The van der Waals surface area contributed by atoms with Gasteiger partial charge in [-0.05, 0) is 27.7 Å². The van der Waals surface area contributed by atoms with Crippen molar-refractivity contribution in [1.29, 1.82) is 0 Å². The normalized spacial score (nSPS) is 11.8. The predicted molar refractivity (Wildman–Crippen MR) is 62.1 cm³/mol. The van der Waals surface area contributed by atoms with Crippen LogP contribution in [-0.2, 0) is 11.8 Å². The van der Waals surface area contributed by atoms with E-state index in [2.05, 4.69) is 24.1 Å². The Morgan fingerprint density at radius 1 is 1.53 bits per heavy atom. The van der Waals surface area contributed by atoms with Gasteiger partial charge in [0.2, 0.25) is 5.95 Å². The van der Waals surface area contributed by atoms with Crippen LogP contribution in [0.2, 0.25) is 0 Å². The van der Waals surface area contributed by atoms with E-state index in [0.717, 1.165) is 24.8 Å². The number of aryl methyl sites for hydroxylation is 2. The molecule has 1 N–H and O–H groups in total. The fourth-order valence-electron chi connectivity index (χ4n) is 1.51. The molecule has 0 unspecified atom stereocenters. The second-order valence-electron chi connectivity index (χ2n) is 4.36. The number of nitrogens with zero attached hydrogens (tertiary/aromatic N) is 2. The minimum atomic E-state index is -0.158. The lowest BCUT2D eigenvalue weighted by Gasteiger charge is -2.25. The van der Waals surface area contributed by atoms with Gasteiger partial charge in [-0.1, -0.05) is 0 Å². The highest BCUT2D eigenvalue weighted by molar-refractivity contribution is 5.28. The molecule has 0 aliphatic heterocycles. The van der Waals surface area contributed by atoms with E-state index in [-0.39, 0.29) is 5.60 Å². The molecule has 0 radical (unpaired) electrons. The number of nitrogens with one attached hydrogen (secondary N) is 1. The van der Waals surface area contributed by atoms with Crippen molar-refractivity contribution in [2.24, 2.45) is 7.05 Å². The maximum atomic E-state index is 5.60. The van der Waals surface area contributed by atoms with Crippen molar-refractivity contribution in [3.8, 4) is 0 Å². The molecule has 0 spiro atoms. The van der Waals surface area contributed by atoms with Crippen LogP contribution in [0.5, 0.6) is 0 Å². The summed E-state index contributed by atoms with van der Waals surface area (Å²) in [4.78, 5) is 4.37. The van der Waals surface area contributed by atoms with Gasteiger partial charge in [0, 0.05) is 26.4 Å². The Bertz CT molecular complexity index is 318. The van der Waals surface area contributed by atoms with E-state index in [0.29, 0.717) is 0 Å². The lowest BCUT2D eigenvalue weighted by molar-refractivity contribution is 0.000554. The summed E-state index contributed by atoms with van der Waals surface area (Å²) in [6, 6.07) is 0. The first-order valence-corrected chi connectivity index (χ1v) is 5.32. The van der Waals surface area contributed by atoms with Gasteiger partial charge in [-0.3, -0.25) is 0 Å². The van der Waals surface area contributed by atoms with Crippen molar-refractivity contribution in [3.05, 3.63) is 11.9 Å². The molecule has 1 heterocycles. The summed E-state index contributed by atoms with van der Waals surface area (Å²) in [7, 11) is 1.98. The van der Waals surface area contributed by atoms with E-state index in [1.165, 1.54) is 0 Å². The predicted octanol–water partition coefficient (Wildman–Crippen LogP) is 1.96. The van der Waals surface area contributed by atoms with Crippen molar-refractivity contribution in [1.82, 2.24) is 9.55 Å². The molecule has 0 aromatic carbocycles. The van der Waals surface area contributed by atoms with Crippen LogP contribution in [0.25, 0.3) is 0 Å². The quantitative estimate of drug-likeness (QED) is 0.809. The van der Waals surface area contributed by atoms with Crippen molar-refractivity contribution in [3.63, 3.8) is 0 Å². The summed E-state index contributed by atoms with van der Waals surface area (Å²) in [6.45, 7) is 9.61. The number of anilines is 1. The molecular formula is C11H21N3O. The third-order valence-electron chi connectivity index (χ3n) is 2.20. The zero-order valence-electron chi connectivity index (χ0n) is 10.3. The number of imidazole rings is 1. The Morgan fingerprint density at radius 3 is 2.67 bits per heavy atom. The SMILES string of the molecule is CCOC(C)(C)CNc1nc(C)cn1C. The van der Waals surface area contributed by atoms with Gasteiger partial charge in [0.05, 0.1) is 11.3 Å². The van der Waals surface area contributed by atoms with Crippen LogP contribution < -0.4 is 5.32 Å². The fourth-order valence-corrected chi connectivity index (χ4v) is 1.51. The number of hydrogen-bond acceptors (Lipinski definition) is 3. The molecule has 0 fully saturated rings. The van der Waals surface area contributed by atoms with Gasteiger partial charge in [-0.25, -0.2) is 4.98 Å². The number of hydrogen-bond donors (Lipinski definition) is 1. The molecule has 86 valence electrons. The molecule has 0 atom stereocenters. The number of ether oxygens (including phenoxy) is 1. The Kier molecular flexibility index (Phi) is 3.74. The minimum absolute atomic E-state index is 0.158. The van der Waals surface area contributed by atoms with Crippen LogP contribution in [0.1, 0.15) is 26.5 Å². The van der Waals surface area contributed by atoms with Crippen LogP contribution >= 0.6 is 0 Å². The van der Waals surface area contributed by atoms with Crippen molar-refractivity contribution in [2.75, 3.05) is 18.5 Å². The lowest BCUT2D eigenvalue weighted by Crippen LogP contribution is -2.34. The first-order valence-electron chi connectivity index (χ1n) is 5.32. The molecule has 0 aliphatic rings. The van der Waals surface area contributed by atoms with Gasteiger partial charge in [-0.15, -0.1) is 0 Å². The van der Waals surface area contributed by atoms with Gasteiger partial charge < -0.3 is 14.6 Å². The van der Waals surface area contributed by atoms with E-state index < -0.39 is 0 Å². The van der Waals surface area contributed by atoms with E-state index in [9.17, 15) is 0 Å². The highest BCUT2D eigenvalue weighted by Crippen LogP contribution is 2.11. The molecule has 1 aromatic rings. The summed E-state index contributed by atoms with van der Waals surface area (Å²) >= 11 is 0. The highest BCUT2D eigenvalue weighted by atomic mass is 16.5. The first-order chi connectivity index (χ1) is 6.94. The second-order valence-corrected chi connectivity index (χ2v) is 4.36. The molecule has 1 rings (SSSR count). The second kappa shape index (κ2) is 4.66. The smallest absolute Gasteiger partial charge is 0.202 e. The average molecular weight is 211 g/mol. The molecule has 0 saturated carbocycles. The van der Waals surface area contributed by atoms with Crippen LogP contribution in [0.15, 0.2) is 6.20 Å². The largest absolute Gasteiger partial charge is 0.374 e. The number of rotatable bonds is 5. The molecule has 4 nitrogen and oxygen atoms in total. The maximum Gasteiger partial charge on any atom is 0.202 e. The molecule has 15 heavy (non-hydrogen) atoms. The molecule has 4 heteroatoms. The van der Waals surface area contributed by atoms with Gasteiger partial charge in [0.25, 0.3) is 0 Å². The van der Waals surface area contributed by atoms with Crippen molar-refractivity contribution in [2.45, 2.75) is 33.3 Å². The summed E-state index contributed by atoms with van der Waals surface area (Å²) in [5, 5.41) is 3.29. The summed E-state index contributed by atoms with van der Waals surface area (Å²) in [6.07, 6.45) is 2.00. The van der Waals surface area contributed by atoms with Gasteiger partial charge in [-0.2, -0.15) is 0 Å². The third kappa shape index (κ3) is 3.55. The van der Waals surface area contributed by atoms with Crippen molar-refractivity contribution < 1.29 is 4.74 Å². The van der Waals surface area contributed by atoms with Gasteiger partial charge in [0.15, 0.2) is 0 Å². The fraction of sp³-hybridized carbons (Fsp3) is 0.727. The van der Waals surface area contributed by atoms with E-state index in [1.807, 2.05) is 31.7 Å². The van der Waals surface area contributed by atoms with Crippen molar-refractivity contribution >= 4 is 5.95 Å². The monoisotopic (exact) mass is 211 g/mol. The Morgan fingerprint density at radius 2 is 2.20 bits per heavy atom. The van der Waals surface area contributed by atoms with E-state index in [1.54, 1.807) is 0 Å². The average Bonchev–Trinajstić information content (AvgIpc) is 2.42. The molecule has 0 amide bonds. The Hall–Kier alpha value is -1.03. The Labute approximate surface area is 91.7 Å². The first kappa shape index (κ1) is 12.0. The third-order valence-corrected chi connectivity index (χ3v) is 2.20. The van der Waals surface area contributed by atoms with E-state index in [4.69, 9.17) is 4.74 Å². The maximum absolute atomic E-state index is 5.60. The van der Waals surface area contributed by atoms with Gasteiger partial charge >= 0.3 is 0 Å². The van der Waals surface area contributed by atoms with Crippen LogP contribution in [0.4, 0.5) is 5.95 Å². The topological polar surface area (TPSA) is 39.1 Å². The molecule has 0 bridgehead atoms. The lowest BCUT2D eigenvalue weighted by atomic mass is 10.1. The van der Waals surface area contributed by atoms with Crippen LogP contribution in [-0.4, -0.2) is 28.3 Å². The van der Waals surface area contributed by atoms with Gasteiger partial charge in [0.1, 0.15) is 0 Å². The Balaban J connectivity index is 2.53. The summed E-state index contributed by atoms with van der Waals surface area (Å²) in [5.41, 5.74) is 0.864. The van der Waals surface area contributed by atoms with E-state index >= 15 is 0 Å². The van der Waals surface area contributed by atoms with Crippen LogP contribution in [0.3, 0.4) is 0 Å². The zero-order valence-corrected chi connectivity index (χ0v) is 10.3. The highest BCUT2D eigenvalue weighted by Gasteiger charge is 2.17. The molecule has 1 aromatic heterocycles. The standard InChI is InChI=1S/C11H21N3O/c1-6-15-11(3,4)8-12-10-13-9(2)7-14(10)5/h7H,6,8H2,1-5H3,(H,12,13). The molecular weight excluding hydrogens is 190 g/mol. The zero-order chi connectivity index (χ0) is 11.5. The van der Waals surface area contributed by atoms with Crippen LogP contribution in [0, 0.1) is 6.92 Å². The minimum Gasteiger partial charge on any atom is -0.374 e. The number of aromatic nitrogens is 2. The molecule has 0 aliphatic carbocycles. The summed E-state index contributed by atoms with van der Waals surface area (Å²) in [5.74, 6) is 0.889.